The molecule has 2 aromatic rings. The van der Waals surface area contributed by atoms with Gasteiger partial charge in [0, 0.05) is 5.39 Å². The lowest BCUT2D eigenvalue weighted by atomic mass is 10.1. The molecular formula is C11H8ClF2NO. The van der Waals surface area contributed by atoms with Crippen molar-refractivity contribution in [2.45, 2.75) is 5.92 Å². The SMILES string of the molecule is OCC(F)(F)c1cc2ccccc2c(Cl)n1. The fourth-order valence-corrected chi connectivity index (χ4v) is 1.69. The van der Waals surface area contributed by atoms with Crippen molar-refractivity contribution in [1.82, 2.24) is 4.98 Å². The molecule has 0 aliphatic heterocycles. The van der Waals surface area contributed by atoms with Gasteiger partial charge in [0.1, 0.15) is 17.5 Å². The van der Waals surface area contributed by atoms with Crippen molar-refractivity contribution >= 4 is 22.4 Å². The molecular weight excluding hydrogens is 236 g/mol. The molecule has 0 radical (unpaired) electrons. The first-order chi connectivity index (χ1) is 7.54. The lowest BCUT2D eigenvalue weighted by molar-refractivity contribution is -0.0590. The van der Waals surface area contributed by atoms with Gasteiger partial charge in [-0.1, -0.05) is 35.9 Å². The Kier molecular flexibility index (Phi) is 2.78. The van der Waals surface area contributed by atoms with Gasteiger partial charge in [0.2, 0.25) is 0 Å². The molecule has 0 unspecified atom stereocenters. The van der Waals surface area contributed by atoms with Crippen molar-refractivity contribution in [2.24, 2.45) is 0 Å². The summed E-state index contributed by atoms with van der Waals surface area (Å²) in [7, 11) is 0. The van der Waals surface area contributed by atoms with E-state index in [1.807, 2.05) is 0 Å². The van der Waals surface area contributed by atoms with E-state index in [1.165, 1.54) is 6.07 Å². The van der Waals surface area contributed by atoms with Gasteiger partial charge in [-0.25, -0.2) is 4.98 Å². The van der Waals surface area contributed by atoms with Crippen LogP contribution >= 0.6 is 11.6 Å². The highest BCUT2D eigenvalue weighted by molar-refractivity contribution is 6.34. The van der Waals surface area contributed by atoms with Gasteiger partial charge in [0.15, 0.2) is 0 Å². The number of hydrogen-bond donors (Lipinski definition) is 1. The molecule has 0 bridgehead atoms. The maximum Gasteiger partial charge on any atom is 0.312 e. The minimum atomic E-state index is -3.37. The lowest BCUT2D eigenvalue weighted by Gasteiger charge is -2.13. The Labute approximate surface area is 95.5 Å². The van der Waals surface area contributed by atoms with Gasteiger partial charge < -0.3 is 5.11 Å². The normalized spacial score (nSPS) is 12.0. The molecule has 2 nitrogen and oxygen atoms in total. The summed E-state index contributed by atoms with van der Waals surface area (Å²) in [5, 5.41) is 9.78. The Morgan fingerprint density at radius 1 is 1.31 bits per heavy atom. The molecule has 0 saturated carbocycles. The maximum absolute atomic E-state index is 13.2. The predicted molar refractivity (Wildman–Crippen MR) is 57.7 cm³/mol. The summed E-state index contributed by atoms with van der Waals surface area (Å²) < 4.78 is 26.4. The van der Waals surface area contributed by atoms with Crippen LogP contribution in [-0.4, -0.2) is 16.7 Å². The molecule has 0 saturated heterocycles. The summed E-state index contributed by atoms with van der Waals surface area (Å²) in [6, 6.07) is 8.07. The molecule has 0 amide bonds. The van der Waals surface area contributed by atoms with Crippen LogP contribution in [0, 0.1) is 0 Å². The van der Waals surface area contributed by atoms with E-state index in [2.05, 4.69) is 4.98 Å². The first-order valence-electron chi connectivity index (χ1n) is 4.59. The molecule has 1 aromatic heterocycles. The number of aliphatic hydroxyl groups is 1. The fourth-order valence-electron chi connectivity index (χ4n) is 1.42. The van der Waals surface area contributed by atoms with Gasteiger partial charge in [-0.2, -0.15) is 8.78 Å². The van der Waals surface area contributed by atoms with Crippen molar-refractivity contribution < 1.29 is 13.9 Å². The summed E-state index contributed by atoms with van der Waals surface area (Å²) in [6.45, 7) is -1.28. The quantitative estimate of drug-likeness (QED) is 0.823. The van der Waals surface area contributed by atoms with Crippen molar-refractivity contribution in [3.63, 3.8) is 0 Å². The number of benzene rings is 1. The van der Waals surface area contributed by atoms with Gasteiger partial charge in [-0.15, -0.1) is 0 Å². The number of alkyl halides is 2. The first-order valence-corrected chi connectivity index (χ1v) is 4.97. The molecule has 0 aliphatic carbocycles. The van der Waals surface area contributed by atoms with Crippen LogP contribution in [-0.2, 0) is 5.92 Å². The van der Waals surface area contributed by atoms with Gasteiger partial charge in [0.25, 0.3) is 0 Å². The lowest BCUT2D eigenvalue weighted by Crippen LogP contribution is -2.20. The minimum Gasteiger partial charge on any atom is -0.390 e. The van der Waals surface area contributed by atoms with Crippen LogP contribution in [0.5, 0.6) is 0 Å². The van der Waals surface area contributed by atoms with Crippen molar-refractivity contribution in [2.75, 3.05) is 6.61 Å². The van der Waals surface area contributed by atoms with E-state index in [1.54, 1.807) is 24.3 Å². The first kappa shape index (κ1) is 11.2. The van der Waals surface area contributed by atoms with Crippen LogP contribution in [0.15, 0.2) is 30.3 Å². The van der Waals surface area contributed by atoms with Crippen molar-refractivity contribution in [3.8, 4) is 0 Å². The highest BCUT2D eigenvalue weighted by atomic mass is 35.5. The molecule has 0 aliphatic rings. The molecule has 1 N–H and O–H groups in total. The third-order valence-corrected chi connectivity index (χ3v) is 2.56. The van der Waals surface area contributed by atoms with Gasteiger partial charge >= 0.3 is 5.92 Å². The zero-order chi connectivity index (χ0) is 11.8. The fraction of sp³-hybridized carbons (Fsp3) is 0.182. The van der Waals surface area contributed by atoms with Gasteiger partial charge in [-0.3, -0.25) is 0 Å². The zero-order valence-corrected chi connectivity index (χ0v) is 8.88. The van der Waals surface area contributed by atoms with E-state index in [-0.39, 0.29) is 5.15 Å². The summed E-state index contributed by atoms with van der Waals surface area (Å²) in [6.07, 6.45) is 0. The van der Waals surface area contributed by atoms with Crippen LogP contribution < -0.4 is 0 Å². The van der Waals surface area contributed by atoms with Crippen molar-refractivity contribution in [3.05, 3.63) is 41.2 Å². The van der Waals surface area contributed by atoms with Crippen LogP contribution in [0.3, 0.4) is 0 Å². The van der Waals surface area contributed by atoms with E-state index in [0.717, 1.165) is 0 Å². The molecule has 84 valence electrons. The van der Waals surface area contributed by atoms with E-state index in [0.29, 0.717) is 10.8 Å². The third-order valence-electron chi connectivity index (χ3n) is 2.27. The number of aliphatic hydroxyl groups excluding tert-OH is 1. The second-order valence-corrected chi connectivity index (χ2v) is 3.74. The zero-order valence-electron chi connectivity index (χ0n) is 8.12. The van der Waals surface area contributed by atoms with Gasteiger partial charge in [0.05, 0.1) is 0 Å². The number of nitrogens with zero attached hydrogens (tertiary/aromatic N) is 1. The van der Waals surface area contributed by atoms with Gasteiger partial charge in [-0.05, 0) is 11.5 Å². The third kappa shape index (κ3) is 1.86. The molecule has 5 heteroatoms. The van der Waals surface area contributed by atoms with E-state index in [4.69, 9.17) is 16.7 Å². The molecule has 1 aromatic carbocycles. The summed E-state index contributed by atoms with van der Waals surface area (Å²) in [5.74, 6) is -3.37. The van der Waals surface area contributed by atoms with E-state index >= 15 is 0 Å². The summed E-state index contributed by atoms with van der Waals surface area (Å²) >= 11 is 5.80. The molecule has 16 heavy (non-hydrogen) atoms. The Hall–Kier alpha value is -1.26. The van der Waals surface area contributed by atoms with E-state index in [9.17, 15) is 8.78 Å². The number of fused-ring (bicyclic) bond motifs is 1. The molecule has 2 rings (SSSR count). The Bertz CT molecular complexity index is 530. The number of aromatic nitrogens is 1. The minimum absolute atomic E-state index is 0.0150. The summed E-state index contributed by atoms with van der Waals surface area (Å²) in [4.78, 5) is 3.60. The maximum atomic E-state index is 13.2. The average Bonchev–Trinajstić information content (AvgIpc) is 2.29. The topological polar surface area (TPSA) is 33.1 Å². The summed E-state index contributed by atoms with van der Waals surface area (Å²) in [5.41, 5.74) is -0.515. The van der Waals surface area contributed by atoms with Crippen LogP contribution in [0.1, 0.15) is 5.69 Å². The molecule has 1 heterocycles. The Morgan fingerprint density at radius 2 is 2.00 bits per heavy atom. The highest BCUT2D eigenvalue weighted by Gasteiger charge is 2.32. The standard InChI is InChI=1S/C11H8ClF2NO/c12-10-8-4-2-1-3-7(8)5-9(15-10)11(13,14)6-16/h1-5,16H,6H2. The Balaban J connectivity index is 2.67. The smallest absolute Gasteiger partial charge is 0.312 e. The number of hydrogen-bond acceptors (Lipinski definition) is 2. The van der Waals surface area contributed by atoms with Crippen LogP contribution in [0.2, 0.25) is 5.15 Å². The van der Waals surface area contributed by atoms with Crippen LogP contribution in [0.25, 0.3) is 10.8 Å². The van der Waals surface area contributed by atoms with Crippen LogP contribution in [0.4, 0.5) is 8.78 Å². The largest absolute Gasteiger partial charge is 0.390 e. The second kappa shape index (κ2) is 3.96. The second-order valence-electron chi connectivity index (χ2n) is 3.38. The highest BCUT2D eigenvalue weighted by Crippen LogP contribution is 2.30. The number of pyridine rings is 1. The van der Waals surface area contributed by atoms with E-state index < -0.39 is 18.2 Å². The molecule has 0 fully saturated rings. The average molecular weight is 244 g/mol. The molecule has 0 spiro atoms. The monoisotopic (exact) mass is 243 g/mol. The Morgan fingerprint density at radius 3 is 2.69 bits per heavy atom. The predicted octanol–water partition coefficient (Wildman–Crippen LogP) is 2.97. The van der Waals surface area contributed by atoms with Crippen molar-refractivity contribution in [1.29, 1.82) is 0 Å². The number of rotatable bonds is 2. The molecule has 0 atom stereocenters. The number of halogens is 3.